The van der Waals surface area contributed by atoms with Gasteiger partial charge in [-0.05, 0) is 41.5 Å². The van der Waals surface area contributed by atoms with Gasteiger partial charge in [0.1, 0.15) is 5.69 Å². The molecule has 8 heteroatoms. The Hall–Kier alpha value is -3.45. The number of carbonyl (C=O) groups is 1. The zero-order chi connectivity index (χ0) is 22.0. The molecule has 0 atom stereocenters. The second kappa shape index (κ2) is 8.35. The van der Waals surface area contributed by atoms with Crippen molar-refractivity contribution in [3.63, 3.8) is 0 Å². The Labute approximate surface area is 180 Å². The summed E-state index contributed by atoms with van der Waals surface area (Å²) in [6.07, 6.45) is -3.10. The molecule has 4 aromatic rings. The molecular formula is C23H15ClF3N3O. The average Bonchev–Trinajstić information content (AvgIpc) is 2.77. The van der Waals surface area contributed by atoms with Gasteiger partial charge in [-0.25, -0.2) is 4.98 Å². The van der Waals surface area contributed by atoms with Gasteiger partial charge in [0.25, 0.3) is 5.91 Å². The minimum atomic E-state index is -4.68. The SMILES string of the molecule is O=C(NCc1ccccn1)c1cc(Cl)c2cc(-c3ccccc3)cc(C(F)(F)F)c2n1. The van der Waals surface area contributed by atoms with E-state index in [9.17, 15) is 18.0 Å². The zero-order valence-corrected chi connectivity index (χ0v) is 16.7. The minimum Gasteiger partial charge on any atom is -0.345 e. The minimum absolute atomic E-state index is 0.0104. The molecule has 0 aliphatic rings. The molecule has 4 rings (SSSR count). The van der Waals surface area contributed by atoms with Crippen LogP contribution >= 0.6 is 11.6 Å². The maximum Gasteiger partial charge on any atom is 0.418 e. The molecule has 2 aromatic heterocycles. The fourth-order valence-electron chi connectivity index (χ4n) is 3.18. The van der Waals surface area contributed by atoms with Gasteiger partial charge in [0.15, 0.2) is 0 Å². The quantitative estimate of drug-likeness (QED) is 0.429. The molecule has 1 N–H and O–H groups in total. The number of nitrogens with one attached hydrogen (secondary N) is 1. The molecule has 31 heavy (non-hydrogen) atoms. The summed E-state index contributed by atoms with van der Waals surface area (Å²) in [6, 6.07) is 17.7. The Morgan fingerprint density at radius 3 is 2.39 bits per heavy atom. The molecule has 2 aromatic carbocycles. The highest BCUT2D eigenvalue weighted by atomic mass is 35.5. The number of rotatable bonds is 4. The summed E-state index contributed by atoms with van der Waals surface area (Å²) in [7, 11) is 0. The predicted octanol–water partition coefficient (Wildman–Crippen LogP) is 5.90. The van der Waals surface area contributed by atoms with Crippen LogP contribution in [0.25, 0.3) is 22.0 Å². The van der Waals surface area contributed by atoms with E-state index < -0.39 is 17.6 Å². The number of hydrogen-bond acceptors (Lipinski definition) is 3. The van der Waals surface area contributed by atoms with Crippen molar-refractivity contribution in [2.24, 2.45) is 0 Å². The maximum atomic E-state index is 13.9. The lowest BCUT2D eigenvalue weighted by atomic mass is 9.99. The fraction of sp³-hybridized carbons (Fsp3) is 0.0870. The van der Waals surface area contributed by atoms with Gasteiger partial charge in [-0.1, -0.05) is 48.0 Å². The van der Waals surface area contributed by atoms with Crippen LogP contribution in [0.4, 0.5) is 13.2 Å². The Balaban J connectivity index is 1.77. The molecule has 0 saturated carbocycles. The third-order valence-corrected chi connectivity index (χ3v) is 4.98. The number of carbonyl (C=O) groups excluding carboxylic acids is 1. The van der Waals surface area contributed by atoms with E-state index in [0.717, 1.165) is 6.07 Å². The van der Waals surface area contributed by atoms with Gasteiger partial charge >= 0.3 is 6.18 Å². The Morgan fingerprint density at radius 1 is 0.968 bits per heavy atom. The van der Waals surface area contributed by atoms with Crippen molar-refractivity contribution in [1.29, 1.82) is 0 Å². The van der Waals surface area contributed by atoms with Crippen LogP contribution in [0.5, 0.6) is 0 Å². The Bertz CT molecular complexity index is 1250. The highest BCUT2D eigenvalue weighted by molar-refractivity contribution is 6.36. The number of pyridine rings is 2. The van der Waals surface area contributed by atoms with Crippen LogP contribution in [0.1, 0.15) is 21.7 Å². The largest absolute Gasteiger partial charge is 0.418 e. The van der Waals surface area contributed by atoms with E-state index in [2.05, 4.69) is 15.3 Å². The number of amides is 1. The van der Waals surface area contributed by atoms with E-state index in [0.29, 0.717) is 16.8 Å². The van der Waals surface area contributed by atoms with Gasteiger partial charge in [-0.15, -0.1) is 0 Å². The first-order valence-corrected chi connectivity index (χ1v) is 9.66. The molecule has 2 heterocycles. The van der Waals surface area contributed by atoms with Gasteiger partial charge in [-0.3, -0.25) is 9.78 Å². The summed E-state index contributed by atoms with van der Waals surface area (Å²) in [5.41, 5.74) is 0.0463. The molecule has 1 amide bonds. The van der Waals surface area contributed by atoms with E-state index in [1.807, 2.05) is 0 Å². The Morgan fingerprint density at radius 2 is 1.71 bits per heavy atom. The number of alkyl halides is 3. The molecule has 0 bridgehead atoms. The molecule has 0 aliphatic heterocycles. The standard InChI is InChI=1S/C23H15ClF3N3O/c24-19-12-20(22(31)29-13-16-8-4-5-9-28-16)30-21-17(19)10-15(11-18(21)23(25,26)27)14-6-2-1-3-7-14/h1-12H,13H2,(H,29,31). The molecule has 156 valence electrons. The highest BCUT2D eigenvalue weighted by Crippen LogP contribution is 2.39. The number of halogens is 4. The van der Waals surface area contributed by atoms with Crippen molar-refractivity contribution in [1.82, 2.24) is 15.3 Å². The summed E-state index contributed by atoms with van der Waals surface area (Å²) in [4.78, 5) is 20.6. The third kappa shape index (κ3) is 4.51. The topological polar surface area (TPSA) is 54.9 Å². The van der Waals surface area contributed by atoms with E-state index >= 15 is 0 Å². The van der Waals surface area contributed by atoms with Crippen molar-refractivity contribution in [2.45, 2.75) is 12.7 Å². The predicted molar refractivity (Wildman–Crippen MR) is 113 cm³/mol. The van der Waals surface area contributed by atoms with Gasteiger partial charge in [0, 0.05) is 11.6 Å². The average molecular weight is 442 g/mol. The van der Waals surface area contributed by atoms with Crippen LogP contribution in [0.3, 0.4) is 0 Å². The maximum absolute atomic E-state index is 13.9. The monoisotopic (exact) mass is 441 g/mol. The summed E-state index contributed by atoms with van der Waals surface area (Å²) in [6.45, 7) is 0.107. The van der Waals surface area contributed by atoms with Gasteiger partial charge in [-0.2, -0.15) is 13.2 Å². The van der Waals surface area contributed by atoms with Gasteiger partial charge < -0.3 is 5.32 Å². The van der Waals surface area contributed by atoms with Crippen molar-refractivity contribution >= 4 is 28.4 Å². The molecule has 0 spiro atoms. The highest BCUT2D eigenvalue weighted by Gasteiger charge is 2.34. The van der Waals surface area contributed by atoms with Gasteiger partial charge in [0.2, 0.25) is 0 Å². The number of fused-ring (bicyclic) bond motifs is 1. The van der Waals surface area contributed by atoms with Crippen LogP contribution < -0.4 is 5.32 Å². The zero-order valence-electron chi connectivity index (χ0n) is 15.9. The lowest BCUT2D eigenvalue weighted by Crippen LogP contribution is -2.24. The third-order valence-electron chi connectivity index (χ3n) is 4.66. The lowest BCUT2D eigenvalue weighted by molar-refractivity contribution is -0.136. The number of hydrogen-bond donors (Lipinski definition) is 1. The van der Waals surface area contributed by atoms with Crippen LogP contribution in [0.2, 0.25) is 5.02 Å². The number of aromatic nitrogens is 2. The summed E-state index contributed by atoms with van der Waals surface area (Å²) in [5, 5.41) is 2.73. The molecule has 0 aliphatic carbocycles. The van der Waals surface area contributed by atoms with Crippen LogP contribution in [-0.2, 0) is 12.7 Å². The second-order valence-corrected chi connectivity index (χ2v) is 7.18. The van der Waals surface area contributed by atoms with E-state index in [-0.39, 0.29) is 28.2 Å². The van der Waals surface area contributed by atoms with E-state index in [1.165, 1.54) is 6.07 Å². The molecule has 0 saturated heterocycles. The molecular weight excluding hydrogens is 427 g/mol. The van der Waals surface area contributed by atoms with Crippen LogP contribution in [-0.4, -0.2) is 15.9 Å². The molecule has 0 radical (unpaired) electrons. The first-order valence-electron chi connectivity index (χ1n) is 9.28. The molecule has 4 nitrogen and oxygen atoms in total. The summed E-state index contributed by atoms with van der Waals surface area (Å²) < 4.78 is 41.6. The normalized spacial score (nSPS) is 11.5. The van der Waals surface area contributed by atoms with E-state index in [4.69, 9.17) is 11.6 Å². The number of benzene rings is 2. The van der Waals surface area contributed by atoms with Crippen molar-refractivity contribution in [2.75, 3.05) is 0 Å². The van der Waals surface area contributed by atoms with Gasteiger partial charge in [0.05, 0.1) is 28.3 Å². The Kier molecular flexibility index (Phi) is 5.61. The fourth-order valence-corrected chi connectivity index (χ4v) is 3.43. The molecule has 0 fully saturated rings. The smallest absolute Gasteiger partial charge is 0.345 e. The van der Waals surface area contributed by atoms with Crippen LogP contribution in [0.15, 0.2) is 72.9 Å². The second-order valence-electron chi connectivity index (χ2n) is 6.78. The number of nitrogens with zero attached hydrogens (tertiary/aromatic N) is 2. The molecule has 0 unspecified atom stereocenters. The summed E-state index contributed by atoms with van der Waals surface area (Å²) in [5.74, 6) is -0.644. The summed E-state index contributed by atoms with van der Waals surface area (Å²) >= 11 is 6.31. The van der Waals surface area contributed by atoms with E-state index in [1.54, 1.807) is 60.8 Å². The lowest BCUT2D eigenvalue weighted by Gasteiger charge is -2.15. The van der Waals surface area contributed by atoms with Crippen molar-refractivity contribution in [3.8, 4) is 11.1 Å². The van der Waals surface area contributed by atoms with Crippen LogP contribution in [0, 0.1) is 0 Å². The van der Waals surface area contributed by atoms with Crippen molar-refractivity contribution < 1.29 is 18.0 Å². The first-order chi connectivity index (χ1) is 14.8. The van der Waals surface area contributed by atoms with Crippen molar-refractivity contribution in [3.05, 3.63) is 94.9 Å². The first kappa shape index (κ1) is 20.8.